The predicted octanol–water partition coefficient (Wildman–Crippen LogP) is 1.47. The molecule has 0 fully saturated rings. The van der Waals surface area contributed by atoms with Crippen molar-refractivity contribution in [1.29, 1.82) is 0 Å². The summed E-state index contributed by atoms with van der Waals surface area (Å²) in [6, 6.07) is 6.64. The minimum absolute atomic E-state index is 0.111. The lowest BCUT2D eigenvalue weighted by Crippen LogP contribution is -2.37. The number of halogens is 1. The fraction of sp³-hybridized carbons (Fsp3) is 0.417. The van der Waals surface area contributed by atoms with Crippen molar-refractivity contribution in [2.45, 2.75) is 19.1 Å². The molecule has 0 spiro atoms. The molecule has 0 heterocycles. The van der Waals surface area contributed by atoms with E-state index in [1.807, 2.05) is 0 Å². The van der Waals surface area contributed by atoms with Gasteiger partial charge in [0.05, 0.1) is 19.3 Å². The van der Waals surface area contributed by atoms with Gasteiger partial charge in [0.1, 0.15) is 11.6 Å². The van der Waals surface area contributed by atoms with E-state index < -0.39 is 12.1 Å². The van der Waals surface area contributed by atoms with Gasteiger partial charge in [-0.15, -0.1) is 11.6 Å². The molecule has 0 bridgehead atoms. The first-order valence-electron chi connectivity index (χ1n) is 5.25. The van der Waals surface area contributed by atoms with Crippen molar-refractivity contribution in [3.05, 3.63) is 29.8 Å². The lowest BCUT2D eigenvalue weighted by atomic mass is 10.0. The maximum absolute atomic E-state index is 11.1. The molecule has 5 heteroatoms. The average molecular weight is 258 g/mol. The zero-order valence-corrected chi connectivity index (χ0v) is 10.6. The van der Waals surface area contributed by atoms with E-state index in [4.69, 9.17) is 16.3 Å². The van der Waals surface area contributed by atoms with Crippen molar-refractivity contribution in [3.63, 3.8) is 0 Å². The molecule has 94 valence electrons. The maximum atomic E-state index is 11.1. The minimum Gasteiger partial charge on any atom is -0.497 e. The Balaban J connectivity index is 2.67. The molecule has 0 aliphatic rings. The van der Waals surface area contributed by atoms with Crippen molar-refractivity contribution >= 4 is 17.5 Å². The molecule has 0 aliphatic heterocycles. The highest BCUT2D eigenvalue weighted by Gasteiger charge is 2.17. The van der Waals surface area contributed by atoms with Crippen LogP contribution in [-0.2, 0) is 4.79 Å². The lowest BCUT2D eigenvalue weighted by Gasteiger charge is -2.20. The summed E-state index contributed by atoms with van der Waals surface area (Å²) in [5.41, 5.74) is 0.716. The minimum atomic E-state index is -0.770. The van der Waals surface area contributed by atoms with Gasteiger partial charge in [-0.2, -0.15) is 0 Å². The third-order valence-electron chi connectivity index (χ3n) is 2.44. The van der Waals surface area contributed by atoms with Crippen LogP contribution in [-0.4, -0.2) is 30.0 Å². The zero-order chi connectivity index (χ0) is 12.8. The summed E-state index contributed by atoms with van der Waals surface area (Å²) in [4.78, 5) is 11.1. The highest BCUT2D eigenvalue weighted by molar-refractivity contribution is 6.27. The number of aliphatic hydroxyl groups excluding tert-OH is 1. The largest absolute Gasteiger partial charge is 0.497 e. The summed E-state index contributed by atoms with van der Waals surface area (Å²) in [6.07, 6.45) is -0.770. The van der Waals surface area contributed by atoms with Gasteiger partial charge in [-0.1, -0.05) is 12.1 Å². The fourth-order valence-electron chi connectivity index (χ4n) is 1.46. The molecule has 4 nitrogen and oxygen atoms in total. The number of alkyl halides is 1. The van der Waals surface area contributed by atoms with Crippen LogP contribution in [0.4, 0.5) is 0 Å². The first-order chi connectivity index (χ1) is 8.08. The number of rotatable bonds is 5. The van der Waals surface area contributed by atoms with Crippen LogP contribution in [0.25, 0.3) is 0 Å². The molecule has 0 radical (unpaired) electrons. The number of carbonyl (C=O) groups is 1. The van der Waals surface area contributed by atoms with Crippen molar-refractivity contribution in [3.8, 4) is 5.75 Å². The second-order valence-corrected chi connectivity index (χ2v) is 3.98. The van der Waals surface area contributed by atoms with Crippen LogP contribution < -0.4 is 10.1 Å². The highest BCUT2D eigenvalue weighted by Crippen LogP contribution is 2.20. The van der Waals surface area contributed by atoms with E-state index in [0.29, 0.717) is 5.56 Å². The second-order valence-electron chi connectivity index (χ2n) is 3.71. The number of hydrogen-bond donors (Lipinski definition) is 2. The molecule has 1 rings (SSSR count). The topological polar surface area (TPSA) is 58.6 Å². The fourth-order valence-corrected chi connectivity index (χ4v) is 1.54. The predicted molar refractivity (Wildman–Crippen MR) is 66.3 cm³/mol. The Morgan fingerprint density at radius 2 is 2.06 bits per heavy atom. The SMILES string of the molecule is COc1ccc(C(O)C(C)NC(=O)CCl)cc1. The third-order valence-corrected chi connectivity index (χ3v) is 2.68. The average Bonchev–Trinajstić information content (AvgIpc) is 2.37. The smallest absolute Gasteiger partial charge is 0.235 e. The number of carbonyl (C=O) groups excluding carboxylic acids is 1. The van der Waals surface area contributed by atoms with Crippen LogP contribution >= 0.6 is 11.6 Å². The van der Waals surface area contributed by atoms with E-state index in [0.717, 1.165) is 5.75 Å². The van der Waals surface area contributed by atoms with Gasteiger partial charge in [-0.3, -0.25) is 4.79 Å². The van der Waals surface area contributed by atoms with Gasteiger partial charge in [-0.05, 0) is 24.6 Å². The Bertz CT molecular complexity index is 367. The van der Waals surface area contributed by atoms with Gasteiger partial charge in [0.2, 0.25) is 5.91 Å². The molecule has 0 aliphatic carbocycles. The summed E-state index contributed by atoms with van der Waals surface area (Å²) in [5.74, 6) is 0.310. The Hall–Kier alpha value is -1.26. The molecule has 1 aromatic carbocycles. The standard InChI is InChI=1S/C12H16ClNO3/c1-8(14-11(15)7-13)12(16)9-3-5-10(17-2)6-4-9/h3-6,8,12,16H,7H2,1-2H3,(H,14,15). The monoisotopic (exact) mass is 257 g/mol. The van der Waals surface area contributed by atoms with E-state index in [9.17, 15) is 9.90 Å². The molecule has 17 heavy (non-hydrogen) atoms. The van der Waals surface area contributed by atoms with Crippen molar-refractivity contribution < 1.29 is 14.6 Å². The molecule has 2 N–H and O–H groups in total. The van der Waals surface area contributed by atoms with Crippen LogP contribution in [0.5, 0.6) is 5.75 Å². The van der Waals surface area contributed by atoms with Crippen LogP contribution in [0.2, 0.25) is 0 Å². The Morgan fingerprint density at radius 1 is 1.47 bits per heavy atom. The number of hydrogen-bond acceptors (Lipinski definition) is 3. The van der Waals surface area contributed by atoms with Gasteiger partial charge in [-0.25, -0.2) is 0 Å². The zero-order valence-electron chi connectivity index (χ0n) is 9.81. The summed E-state index contributed by atoms with van der Waals surface area (Å²) >= 11 is 5.38. The quantitative estimate of drug-likeness (QED) is 0.786. The maximum Gasteiger partial charge on any atom is 0.235 e. The first-order valence-corrected chi connectivity index (χ1v) is 5.79. The normalized spacial score (nSPS) is 13.9. The van der Waals surface area contributed by atoms with Gasteiger partial charge in [0.25, 0.3) is 0 Å². The second kappa shape index (κ2) is 6.47. The molecule has 0 saturated carbocycles. The van der Waals surface area contributed by atoms with Gasteiger partial charge in [0.15, 0.2) is 0 Å². The highest BCUT2D eigenvalue weighted by atomic mass is 35.5. The third kappa shape index (κ3) is 3.91. The summed E-state index contributed by atoms with van der Waals surface area (Å²) in [7, 11) is 1.58. The number of benzene rings is 1. The molecule has 2 atom stereocenters. The van der Waals surface area contributed by atoms with Gasteiger partial charge >= 0.3 is 0 Å². The number of aliphatic hydroxyl groups is 1. The molecule has 1 aromatic rings. The van der Waals surface area contributed by atoms with Crippen LogP contribution in [0.1, 0.15) is 18.6 Å². The number of nitrogens with one attached hydrogen (secondary N) is 1. The van der Waals surface area contributed by atoms with E-state index >= 15 is 0 Å². The van der Waals surface area contributed by atoms with Crippen LogP contribution in [0.15, 0.2) is 24.3 Å². The van der Waals surface area contributed by atoms with E-state index in [1.54, 1.807) is 38.3 Å². The lowest BCUT2D eigenvalue weighted by molar-refractivity contribution is -0.120. The van der Waals surface area contributed by atoms with Crippen molar-refractivity contribution in [2.75, 3.05) is 13.0 Å². The first kappa shape index (κ1) is 13.8. The molecule has 2 unspecified atom stereocenters. The molecule has 0 aromatic heterocycles. The summed E-state index contributed by atoms with van der Waals surface area (Å²) < 4.78 is 5.02. The number of ether oxygens (including phenoxy) is 1. The van der Waals surface area contributed by atoms with Crippen LogP contribution in [0.3, 0.4) is 0 Å². The summed E-state index contributed by atoms with van der Waals surface area (Å²) in [6.45, 7) is 1.72. The van der Waals surface area contributed by atoms with Crippen molar-refractivity contribution in [2.24, 2.45) is 0 Å². The Kier molecular flexibility index (Phi) is 5.25. The van der Waals surface area contributed by atoms with E-state index in [-0.39, 0.29) is 11.8 Å². The Morgan fingerprint density at radius 3 is 2.53 bits per heavy atom. The Labute approximate surface area is 106 Å². The molecule has 1 amide bonds. The molecular formula is C12H16ClNO3. The van der Waals surface area contributed by atoms with Gasteiger partial charge in [0, 0.05) is 0 Å². The van der Waals surface area contributed by atoms with E-state index in [2.05, 4.69) is 5.32 Å². The van der Waals surface area contributed by atoms with Gasteiger partial charge < -0.3 is 15.2 Å². The molecular weight excluding hydrogens is 242 g/mol. The number of methoxy groups -OCH3 is 1. The summed E-state index contributed by atoms with van der Waals surface area (Å²) in [5, 5.41) is 12.6. The van der Waals surface area contributed by atoms with Crippen molar-refractivity contribution in [1.82, 2.24) is 5.32 Å². The van der Waals surface area contributed by atoms with E-state index in [1.165, 1.54) is 0 Å². The van der Waals surface area contributed by atoms with Crippen LogP contribution in [0, 0.1) is 0 Å². The molecule has 0 saturated heterocycles. The number of amides is 1.